The summed E-state index contributed by atoms with van der Waals surface area (Å²) in [5.41, 5.74) is 0.265. The molecule has 0 saturated heterocycles. The lowest BCUT2D eigenvalue weighted by Crippen LogP contribution is -2.04. The summed E-state index contributed by atoms with van der Waals surface area (Å²) < 4.78 is 24.4. The van der Waals surface area contributed by atoms with Gasteiger partial charge in [-0.15, -0.1) is 0 Å². The van der Waals surface area contributed by atoms with E-state index in [0.717, 1.165) is 6.07 Å². The van der Waals surface area contributed by atoms with Gasteiger partial charge in [-0.2, -0.15) is 0 Å². The third-order valence-corrected chi connectivity index (χ3v) is 1.88. The van der Waals surface area contributed by atoms with Crippen molar-refractivity contribution in [3.63, 3.8) is 0 Å². The molecule has 78 valence electrons. The molecule has 1 unspecified atom stereocenters. The van der Waals surface area contributed by atoms with Crippen LogP contribution in [0.25, 0.3) is 0 Å². The number of phenols is 1. The van der Waals surface area contributed by atoms with Crippen LogP contribution in [0.1, 0.15) is 24.5 Å². The molecular formula is C10H12F2O2. The second kappa shape index (κ2) is 4.37. The summed E-state index contributed by atoms with van der Waals surface area (Å²) in [6.07, 6.45) is -2.92. The molecule has 0 aliphatic heterocycles. The van der Waals surface area contributed by atoms with Gasteiger partial charge in [-0.1, -0.05) is 12.1 Å². The van der Waals surface area contributed by atoms with Crippen LogP contribution in [0, 0.1) is 0 Å². The minimum absolute atomic E-state index is 0.191. The minimum Gasteiger partial charge on any atom is -0.508 e. The van der Waals surface area contributed by atoms with Gasteiger partial charge in [0, 0.05) is 12.0 Å². The summed E-state index contributed by atoms with van der Waals surface area (Å²) in [7, 11) is 0. The molecule has 1 atom stereocenters. The van der Waals surface area contributed by atoms with Crippen LogP contribution in [0.3, 0.4) is 0 Å². The Labute approximate surface area is 80.8 Å². The fourth-order valence-electron chi connectivity index (χ4n) is 1.21. The molecule has 0 spiro atoms. The van der Waals surface area contributed by atoms with E-state index in [2.05, 4.69) is 0 Å². The van der Waals surface area contributed by atoms with Gasteiger partial charge in [-0.05, 0) is 18.6 Å². The van der Waals surface area contributed by atoms with Crippen molar-refractivity contribution >= 4 is 0 Å². The molecule has 0 radical (unpaired) electrons. The molecule has 0 aromatic heterocycles. The number of halogens is 2. The monoisotopic (exact) mass is 202 g/mol. The highest BCUT2D eigenvalue weighted by molar-refractivity contribution is 5.37. The quantitative estimate of drug-likeness (QED) is 0.789. The van der Waals surface area contributed by atoms with Gasteiger partial charge in [0.25, 0.3) is 6.43 Å². The first-order chi connectivity index (χ1) is 6.50. The Morgan fingerprint density at radius 2 is 2.00 bits per heavy atom. The van der Waals surface area contributed by atoms with Crippen molar-refractivity contribution in [1.29, 1.82) is 0 Å². The number of rotatable bonds is 3. The molecule has 0 heterocycles. The first-order valence-electron chi connectivity index (χ1n) is 4.28. The number of aliphatic hydroxyl groups is 1. The summed E-state index contributed by atoms with van der Waals surface area (Å²) in [6.45, 7) is 1.57. The lowest BCUT2D eigenvalue weighted by Gasteiger charge is -2.08. The fourth-order valence-corrected chi connectivity index (χ4v) is 1.21. The summed E-state index contributed by atoms with van der Waals surface area (Å²) in [5, 5.41) is 18.4. The Morgan fingerprint density at radius 3 is 2.43 bits per heavy atom. The summed E-state index contributed by atoms with van der Waals surface area (Å²) in [6, 6.07) is 3.69. The van der Waals surface area contributed by atoms with E-state index in [1.165, 1.54) is 12.1 Å². The van der Waals surface area contributed by atoms with Gasteiger partial charge in [0.15, 0.2) is 0 Å². The van der Waals surface area contributed by atoms with Crippen LogP contribution >= 0.6 is 0 Å². The average Bonchev–Trinajstić information content (AvgIpc) is 2.07. The molecule has 1 aromatic rings. The fraction of sp³-hybridized carbons (Fsp3) is 0.400. The van der Waals surface area contributed by atoms with Crippen molar-refractivity contribution in [2.75, 3.05) is 0 Å². The maximum Gasteiger partial charge on any atom is 0.263 e. The number of alkyl halides is 2. The van der Waals surface area contributed by atoms with Gasteiger partial charge in [0.2, 0.25) is 0 Å². The predicted octanol–water partition coefficient (Wildman–Crippen LogP) is 2.25. The van der Waals surface area contributed by atoms with E-state index in [-0.39, 0.29) is 17.7 Å². The Hall–Kier alpha value is -1.16. The van der Waals surface area contributed by atoms with Crippen molar-refractivity contribution in [3.8, 4) is 5.75 Å². The van der Waals surface area contributed by atoms with Crippen molar-refractivity contribution in [2.24, 2.45) is 0 Å². The lowest BCUT2D eigenvalue weighted by molar-refractivity contribution is 0.151. The first-order valence-corrected chi connectivity index (χ1v) is 4.28. The SMILES string of the molecule is CC(O)Cc1ccc(C(F)F)cc1O. The number of hydrogen-bond acceptors (Lipinski definition) is 2. The van der Waals surface area contributed by atoms with Gasteiger partial charge < -0.3 is 10.2 Å². The summed E-state index contributed by atoms with van der Waals surface area (Å²) in [4.78, 5) is 0. The van der Waals surface area contributed by atoms with E-state index < -0.39 is 12.5 Å². The number of aliphatic hydroxyl groups excluding tert-OH is 1. The molecule has 0 saturated carbocycles. The predicted molar refractivity (Wildman–Crippen MR) is 48.4 cm³/mol. The molecule has 0 fully saturated rings. The largest absolute Gasteiger partial charge is 0.508 e. The second-order valence-corrected chi connectivity index (χ2v) is 3.24. The Morgan fingerprint density at radius 1 is 1.36 bits per heavy atom. The normalized spacial score (nSPS) is 13.2. The Balaban J connectivity index is 2.90. The molecule has 0 amide bonds. The molecule has 0 aliphatic rings. The molecule has 0 bridgehead atoms. The van der Waals surface area contributed by atoms with Crippen LogP contribution in [0.5, 0.6) is 5.75 Å². The molecule has 14 heavy (non-hydrogen) atoms. The van der Waals surface area contributed by atoms with Gasteiger partial charge in [-0.3, -0.25) is 0 Å². The highest BCUT2D eigenvalue weighted by Gasteiger charge is 2.11. The lowest BCUT2D eigenvalue weighted by atomic mass is 10.1. The van der Waals surface area contributed by atoms with Gasteiger partial charge >= 0.3 is 0 Å². The van der Waals surface area contributed by atoms with Crippen LogP contribution in [-0.4, -0.2) is 16.3 Å². The zero-order valence-corrected chi connectivity index (χ0v) is 7.74. The van der Waals surface area contributed by atoms with E-state index in [9.17, 15) is 13.9 Å². The molecule has 1 aromatic carbocycles. The topological polar surface area (TPSA) is 40.5 Å². The van der Waals surface area contributed by atoms with E-state index in [1.807, 2.05) is 0 Å². The van der Waals surface area contributed by atoms with Crippen molar-refractivity contribution < 1.29 is 19.0 Å². The van der Waals surface area contributed by atoms with Crippen LogP contribution in [0.15, 0.2) is 18.2 Å². The van der Waals surface area contributed by atoms with E-state index in [1.54, 1.807) is 6.92 Å². The second-order valence-electron chi connectivity index (χ2n) is 3.24. The van der Waals surface area contributed by atoms with Crippen LogP contribution in [-0.2, 0) is 6.42 Å². The Bertz CT molecular complexity index is 311. The molecule has 4 heteroatoms. The van der Waals surface area contributed by atoms with Crippen molar-refractivity contribution in [1.82, 2.24) is 0 Å². The smallest absolute Gasteiger partial charge is 0.263 e. The summed E-state index contributed by atoms with van der Waals surface area (Å²) >= 11 is 0. The maximum absolute atomic E-state index is 12.2. The van der Waals surface area contributed by atoms with Crippen LogP contribution in [0.2, 0.25) is 0 Å². The van der Waals surface area contributed by atoms with Crippen molar-refractivity contribution in [2.45, 2.75) is 25.9 Å². The Kier molecular flexibility index (Phi) is 3.41. The van der Waals surface area contributed by atoms with E-state index in [4.69, 9.17) is 5.11 Å². The van der Waals surface area contributed by atoms with Crippen LogP contribution < -0.4 is 0 Å². The molecule has 2 nitrogen and oxygen atoms in total. The van der Waals surface area contributed by atoms with Gasteiger partial charge in [0.1, 0.15) is 5.75 Å². The van der Waals surface area contributed by atoms with E-state index >= 15 is 0 Å². The highest BCUT2D eigenvalue weighted by Crippen LogP contribution is 2.26. The zero-order chi connectivity index (χ0) is 10.7. The average molecular weight is 202 g/mol. The summed E-state index contributed by atoms with van der Waals surface area (Å²) in [5.74, 6) is -0.191. The zero-order valence-electron chi connectivity index (χ0n) is 7.74. The van der Waals surface area contributed by atoms with Crippen molar-refractivity contribution in [3.05, 3.63) is 29.3 Å². The van der Waals surface area contributed by atoms with Crippen LogP contribution in [0.4, 0.5) is 8.78 Å². The molecule has 1 rings (SSSR count). The third kappa shape index (κ3) is 2.67. The number of benzene rings is 1. The number of hydrogen-bond donors (Lipinski definition) is 2. The minimum atomic E-state index is -2.58. The standard InChI is InChI=1S/C10H12F2O2/c1-6(13)4-7-2-3-8(10(11)12)5-9(7)14/h2-3,5-6,10,13-14H,4H2,1H3. The van der Waals surface area contributed by atoms with Gasteiger partial charge in [0.05, 0.1) is 6.10 Å². The maximum atomic E-state index is 12.2. The number of phenolic OH excluding ortho intramolecular Hbond substituents is 1. The molecule has 2 N–H and O–H groups in total. The molecular weight excluding hydrogens is 190 g/mol. The first kappa shape index (κ1) is 10.9. The number of aromatic hydroxyl groups is 1. The third-order valence-electron chi connectivity index (χ3n) is 1.88. The highest BCUT2D eigenvalue weighted by atomic mass is 19.3. The van der Waals surface area contributed by atoms with Gasteiger partial charge in [-0.25, -0.2) is 8.78 Å². The van der Waals surface area contributed by atoms with E-state index in [0.29, 0.717) is 5.56 Å². The molecule has 0 aliphatic carbocycles.